The van der Waals surface area contributed by atoms with Crippen molar-refractivity contribution in [1.29, 1.82) is 0 Å². The van der Waals surface area contributed by atoms with Crippen molar-refractivity contribution in [2.75, 3.05) is 19.7 Å². The molecule has 5 nitrogen and oxygen atoms in total. The van der Waals surface area contributed by atoms with Crippen molar-refractivity contribution in [1.82, 2.24) is 4.90 Å². The summed E-state index contributed by atoms with van der Waals surface area (Å²) in [5, 5.41) is 0. The standard InChI is InChI=1S/C21H30N2O3.ClH/c1-2-23(12-17-13-25-18-8-3-4-9-19(18)26-17)21(24)16-10-14-6-5-7-15(11-16)20(14)22;/h3-4,8-9,14-17,20H,2,5-7,10-13,22H2,1H3;1H. The zero-order valence-corrected chi connectivity index (χ0v) is 16.8. The molecule has 2 bridgehead atoms. The van der Waals surface area contributed by atoms with E-state index in [9.17, 15) is 4.79 Å². The van der Waals surface area contributed by atoms with Crippen LogP contribution in [0.1, 0.15) is 39.0 Å². The second-order valence-corrected chi connectivity index (χ2v) is 8.07. The molecule has 0 spiro atoms. The van der Waals surface area contributed by atoms with E-state index in [4.69, 9.17) is 15.2 Å². The third-order valence-corrected chi connectivity index (χ3v) is 6.45. The highest BCUT2D eigenvalue weighted by Crippen LogP contribution is 2.42. The summed E-state index contributed by atoms with van der Waals surface area (Å²) in [6, 6.07) is 8.02. The van der Waals surface area contributed by atoms with Gasteiger partial charge >= 0.3 is 0 Å². The first-order valence-corrected chi connectivity index (χ1v) is 10.1. The number of amides is 1. The molecule has 0 radical (unpaired) electrons. The van der Waals surface area contributed by atoms with Crippen LogP contribution in [0.2, 0.25) is 0 Å². The van der Waals surface area contributed by atoms with Crippen LogP contribution < -0.4 is 15.2 Å². The van der Waals surface area contributed by atoms with Gasteiger partial charge in [-0.2, -0.15) is 0 Å². The first-order valence-electron chi connectivity index (χ1n) is 10.1. The summed E-state index contributed by atoms with van der Waals surface area (Å²) >= 11 is 0. The summed E-state index contributed by atoms with van der Waals surface area (Å²) in [6.07, 6.45) is 5.44. The fourth-order valence-electron chi connectivity index (χ4n) is 5.02. The number of halogens is 1. The number of ether oxygens (including phenoxy) is 2. The second-order valence-electron chi connectivity index (χ2n) is 8.07. The molecular weight excluding hydrogens is 364 g/mol. The van der Waals surface area contributed by atoms with E-state index in [0.29, 0.717) is 37.6 Å². The Kier molecular flexibility index (Phi) is 6.53. The van der Waals surface area contributed by atoms with Gasteiger partial charge in [-0.1, -0.05) is 18.6 Å². The lowest BCUT2D eigenvalue weighted by atomic mass is 9.65. The third kappa shape index (κ3) is 4.19. The number of likely N-dealkylation sites (N-methyl/N-ethyl adjacent to an activating group) is 1. The molecule has 6 heteroatoms. The van der Waals surface area contributed by atoms with Crippen LogP contribution in [0.3, 0.4) is 0 Å². The van der Waals surface area contributed by atoms with Gasteiger partial charge in [-0.15, -0.1) is 12.4 Å². The number of hydrogen-bond acceptors (Lipinski definition) is 4. The van der Waals surface area contributed by atoms with Crippen LogP contribution in [0.25, 0.3) is 0 Å². The minimum atomic E-state index is -0.112. The van der Waals surface area contributed by atoms with E-state index in [-0.39, 0.29) is 30.3 Å². The van der Waals surface area contributed by atoms with Gasteiger partial charge in [-0.25, -0.2) is 0 Å². The smallest absolute Gasteiger partial charge is 0.225 e. The van der Waals surface area contributed by atoms with Crippen LogP contribution in [-0.2, 0) is 4.79 Å². The predicted octanol–water partition coefficient (Wildman–Crippen LogP) is 3.25. The minimum absolute atomic E-state index is 0. The fraction of sp³-hybridized carbons (Fsp3) is 0.667. The largest absolute Gasteiger partial charge is 0.486 e. The molecule has 3 aliphatic rings. The maximum absolute atomic E-state index is 13.2. The van der Waals surface area contributed by atoms with Crippen molar-refractivity contribution in [3.05, 3.63) is 24.3 Å². The molecule has 3 unspecified atom stereocenters. The normalized spacial score (nSPS) is 31.6. The van der Waals surface area contributed by atoms with Crippen LogP contribution in [0.5, 0.6) is 11.5 Å². The Morgan fingerprint density at radius 1 is 1.19 bits per heavy atom. The molecule has 0 aromatic heterocycles. The van der Waals surface area contributed by atoms with Crippen molar-refractivity contribution in [2.45, 2.75) is 51.2 Å². The summed E-state index contributed by atoms with van der Waals surface area (Å²) in [6.45, 7) is 3.83. The molecule has 27 heavy (non-hydrogen) atoms. The Balaban J connectivity index is 0.00000210. The summed E-state index contributed by atoms with van der Waals surface area (Å²) in [5.74, 6) is 3.01. The molecule has 2 fully saturated rings. The summed E-state index contributed by atoms with van der Waals surface area (Å²) in [7, 11) is 0. The average Bonchev–Trinajstić information content (AvgIpc) is 2.65. The Labute approximate surface area is 168 Å². The highest BCUT2D eigenvalue weighted by atomic mass is 35.5. The molecular formula is C21H31ClN2O3. The van der Waals surface area contributed by atoms with Gasteiger partial charge in [0.15, 0.2) is 17.6 Å². The lowest BCUT2D eigenvalue weighted by Gasteiger charge is -2.44. The number of nitrogens with two attached hydrogens (primary N) is 1. The Bertz CT molecular complexity index is 642. The molecule has 2 saturated carbocycles. The fourth-order valence-corrected chi connectivity index (χ4v) is 5.02. The Morgan fingerprint density at radius 3 is 2.52 bits per heavy atom. The number of carbonyl (C=O) groups excluding carboxylic acids is 1. The van der Waals surface area contributed by atoms with Gasteiger partial charge in [0, 0.05) is 18.5 Å². The van der Waals surface area contributed by atoms with E-state index in [0.717, 1.165) is 24.3 Å². The van der Waals surface area contributed by atoms with Crippen LogP contribution in [0.4, 0.5) is 0 Å². The molecule has 0 saturated heterocycles. The zero-order chi connectivity index (χ0) is 18.1. The average molecular weight is 395 g/mol. The number of hydrogen-bond donors (Lipinski definition) is 1. The second kappa shape index (κ2) is 8.70. The lowest BCUT2D eigenvalue weighted by Crippen LogP contribution is -2.51. The van der Waals surface area contributed by atoms with Crippen LogP contribution in [0, 0.1) is 17.8 Å². The molecule has 1 heterocycles. The van der Waals surface area contributed by atoms with Crippen molar-refractivity contribution >= 4 is 18.3 Å². The maximum Gasteiger partial charge on any atom is 0.225 e. The molecule has 4 rings (SSSR count). The molecule has 1 aromatic carbocycles. The minimum Gasteiger partial charge on any atom is -0.486 e. The number of benzene rings is 1. The molecule has 150 valence electrons. The van der Waals surface area contributed by atoms with Crippen LogP contribution in [-0.4, -0.2) is 42.6 Å². The molecule has 2 N–H and O–H groups in total. The highest BCUT2D eigenvalue weighted by Gasteiger charge is 2.41. The number of para-hydroxylation sites is 2. The van der Waals surface area contributed by atoms with Gasteiger partial charge in [0.2, 0.25) is 5.91 Å². The first-order chi connectivity index (χ1) is 12.7. The number of carbonyl (C=O) groups is 1. The first kappa shape index (κ1) is 20.3. The monoisotopic (exact) mass is 394 g/mol. The van der Waals surface area contributed by atoms with E-state index in [2.05, 4.69) is 0 Å². The van der Waals surface area contributed by atoms with Gasteiger partial charge in [0.05, 0.1) is 6.54 Å². The SMILES string of the molecule is CCN(CC1COc2ccccc2O1)C(=O)C1CC2CCCC(C1)C2N.Cl. The quantitative estimate of drug-likeness (QED) is 0.851. The van der Waals surface area contributed by atoms with Crippen molar-refractivity contribution in [3.8, 4) is 11.5 Å². The summed E-state index contributed by atoms with van der Waals surface area (Å²) in [5.41, 5.74) is 6.39. The van der Waals surface area contributed by atoms with E-state index in [1.165, 1.54) is 19.3 Å². The Morgan fingerprint density at radius 2 is 1.85 bits per heavy atom. The number of nitrogens with zero attached hydrogens (tertiary/aromatic N) is 1. The van der Waals surface area contributed by atoms with Gasteiger partial charge in [0.25, 0.3) is 0 Å². The van der Waals surface area contributed by atoms with Gasteiger partial charge < -0.3 is 20.1 Å². The summed E-state index contributed by atoms with van der Waals surface area (Å²) in [4.78, 5) is 15.1. The number of rotatable bonds is 4. The zero-order valence-electron chi connectivity index (χ0n) is 16.0. The van der Waals surface area contributed by atoms with E-state index >= 15 is 0 Å². The lowest BCUT2D eigenvalue weighted by molar-refractivity contribution is -0.140. The number of fused-ring (bicyclic) bond motifs is 3. The van der Waals surface area contributed by atoms with E-state index in [1.807, 2.05) is 36.1 Å². The molecule has 1 aromatic rings. The molecule has 3 atom stereocenters. The summed E-state index contributed by atoms with van der Waals surface area (Å²) < 4.78 is 11.9. The molecule has 2 aliphatic carbocycles. The highest BCUT2D eigenvalue weighted by molar-refractivity contribution is 5.85. The van der Waals surface area contributed by atoms with Crippen LogP contribution >= 0.6 is 12.4 Å². The van der Waals surface area contributed by atoms with Crippen molar-refractivity contribution in [2.24, 2.45) is 23.5 Å². The van der Waals surface area contributed by atoms with Gasteiger partial charge in [-0.05, 0) is 56.6 Å². The Hall–Kier alpha value is -1.46. The van der Waals surface area contributed by atoms with Gasteiger partial charge in [-0.3, -0.25) is 4.79 Å². The third-order valence-electron chi connectivity index (χ3n) is 6.45. The predicted molar refractivity (Wildman–Crippen MR) is 107 cm³/mol. The van der Waals surface area contributed by atoms with Crippen molar-refractivity contribution in [3.63, 3.8) is 0 Å². The topological polar surface area (TPSA) is 64.8 Å². The molecule has 1 aliphatic heterocycles. The van der Waals surface area contributed by atoms with E-state index in [1.54, 1.807) is 0 Å². The van der Waals surface area contributed by atoms with E-state index < -0.39 is 0 Å². The maximum atomic E-state index is 13.2. The van der Waals surface area contributed by atoms with Crippen LogP contribution in [0.15, 0.2) is 24.3 Å². The van der Waals surface area contributed by atoms with Gasteiger partial charge in [0.1, 0.15) is 6.61 Å². The van der Waals surface area contributed by atoms with Crippen molar-refractivity contribution < 1.29 is 14.3 Å². The molecule has 1 amide bonds.